The summed E-state index contributed by atoms with van der Waals surface area (Å²) in [6.07, 6.45) is 0.464. The molecule has 1 heterocycles. The zero-order chi connectivity index (χ0) is 25.0. The molecule has 0 radical (unpaired) electrons. The molecule has 1 aliphatic heterocycles. The highest BCUT2D eigenvalue weighted by Gasteiger charge is 2.39. The predicted molar refractivity (Wildman–Crippen MR) is 127 cm³/mol. The molecule has 0 amide bonds. The fourth-order valence-electron chi connectivity index (χ4n) is 4.46. The van der Waals surface area contributed by atoms with Gasteiger partial charge in [0, 0.05) is 35.9 Å². The fraction of sp³-hybridized carbons (Fsp3) is 0.154. The number of allylic oxidation sites excluding steroid dienone is 2. The molecule has 1 aliphatic carbocycles. The molecule has 0 aromatic heterocycles. The maximum Gasteiger partial charge on any atom is 0.308 e. The van der Waals surface area contributed by atoms with E-state index in [-0.39, 0.29) is 63.7 Å². The van der Waals surface area contributed by atoms with Crippen molar-refractivity contribution in [3.63, 3.8) is 0 Å². The first-order chi connectivity index (χ1) is 16.7. The van der Waals surface area contributed by atoms with Crippen LogP contribution in [0.2, 0.25) is 0 Å². The van der Waals surface area contributed by atoms with Crippen LogP contribution in [0.15, 0.2) is 52.2 Å². The van der Waals surface area contributed by atoms with Crippen molar-refractivity contribution in [3.8, 4) is 23.0 Å². The van der Waals surface area contributed by atoms with Crippen molar-refractivity contribution in [2.75, 3.05) is 0 Å². The lowest BCUT2D eigenvalue weighted by atomic mass is 9.85. The zero-order valence-electron chi connectivity index (χ0n) is 18.6. The Balaban J connectivity index is 1.72. The van der Waals surface area contributed by atoms with Gasteiger partial charge < -0.3 is 19.3 Å². The number of carbonyl (C=O) groups is 4. The normalized spacial score (nSPS) is 14.5. The van der Waals surface area contributed by atoms with E-state index < -0.39 is 23.5 Å². The van der Waals surface area contributed by atoms with Crippen molar-refractivity contribution in [2.24, 2.45) is 0 Å². The van der Waals surface area contributed by atoms with Gasteiger partial charge in [-0.15, -0.1) is 0 Å². The average Bonchev–Trinajstić information content (AvgIpc) is 3.01. The molecule has 1 N–H and O–H groups in total. The summed E-state index contributed by atoms with van der Waals surface area (Å²) in [5, 5.41) is 11.5. The number of hydrogen-bond donors (Lipinski definition) is 1. The van der Waals surface area contributed by atoms with E-state index in [2.05, 4.69) is 15.9 Å². The molecule has 35 heavy (non-hydrogen) atoms. The molecule has 0 saturated heterocycles. The van der Waals surface area contributed by atoms with Crippen LogP contribution >= 0.6 is 15.9 Å². The van der Waals surface area contributed by atoms with Gasteiger partial charge >= 0.3 is 11.9 Å². The summed E-state index contributed by atoms with van der Waals surface area (Å²) >= 11 is 3.40. The number of hydrogen-bond acceptors (Lipinski definition) is 8. The van der Waals surface area contributed by atoms with Gasteiger partial charge in [0.2, 0.25) is 5.78 Å². The molecule has 0 atom stereocenters. The Hall–Kier alpha value is -3.98. The third-order valence-corrected chi connectivity index (χ3v) is 6.70. The summed E-state index contributed by atoms with van der Waals surface area (Å²) in [5.74, 6) is -2.18. The zero-order valence-corrected chi connectivity index (χ0v) is 20.1. The lowest BCUT2D eigenvalue weighted by Crippen LogP contribution is -2.25. The van der Waals surface area contributed by atoms with Gasteiger partial charge in [-0.3, -0.25) is 19.2 Å². The lowest BCUT2D eigenvalue weighted by molar-refractivity contribution is -0.132. The van der Waals surface area contributed by atoms with E-state index in [9.17, 15) is 24.3 Å². The van der Waals surface area contributed by atoms with Crippen molar-refractivity contribution in [1.29, 1.82) is 0 Å². The van der Waals surface area contributed by atoms with E-state index >= 15 is 0 Å². The highest BCUT2D eigenvalue weighted by Crippen LogP contribution is 2.50. The van der Waals surface area contributed by atoms with Crippen LogP contribution in [0, 0.1) is 0 Å². The molecule has 0 fully saturated rings. The number of ketones is 2. The fourth-order valence-corrected chi connectivity index (χ4v) is 5.03. The second-order valence-corrected chi connectivity index (χ2v) is 8.88. The molecule has 176 valence electrons. The Morgan fingerprint density at radius 3 is 2.31 bits per heavy atom. The molecule has 5 rings (SSSR count). The monoisotopic (exact) mass is 536 g/mol. The van der Waals surface area contributed by atoms with Gasteiger partial charge in [0.05, 0.1) is 15.4 Å². The molecule has 0 saturated carbocycles. The van der Waals surface area contributed by atoms with E-state index in [1.54, 1.807) is 18.2 Å². The molecular formula is C26H17BrO8. The topological polar surface area (TPSA) is 116 Å². The standard InChI is InChI=1S/C26H17BrO8/c1-11(28)33-17-7-3-5-13-19(17)24(32)26-16(22(13)30)10-9-15-21(27)23(31)20-14(25(15)35-26)6-4-8-18(20)34-12(2)29/h3-8,31H,9-10H2,1-2H3. The first kappa shape index (κ1) is 22.8. The van der Waals surface area contributed by atoms with Crippen LogP contribution in [-0.4, -0.2) is 28.6 Å². The number of benzene rings is 3. The van der Waals surface area contributed by atoms with Crippen LogP contribution in [0.3, 0.4) is 0 Å². The number of Topliss-reactive ketones (excluding diaryl/α,β-unsaturated/α-hetero) is 2. The van der Waals surface area contributed by atoms with Gasteiger partial charge in [-0.25, -0.2) is 0 Å². The number of esters is 2. The third kappa shape index (κ3) is 3.59. The molecule has 0 unspecified atom stereocenters. The number of ether oxygens (including phenoxy) is 3. The number of aromatic hydroxyl groups is 1. The van der Waals surface area contributed by atoms with Crippen molar-refractivity contribution in [2.45, 2.75) is 26.7 Å². The van der Waals surface area contributed by atoms with Gasteiger partial charge in [-0.1, -0.05) is 24.3 Å². The van der Waals surface area contributed by atoms with Gasteiger partial charge in [-0.05, 0) is 40.9 Å². The number of halogens is 1. The Morgan fingerprint density at radius 1 is 0.943 bits per heavy atom. The average molecular weight is 537 g/mol. The van der Waals surface area contributed by atoms with Gasteiger partial charge in [-0.2, -0.15) is 0 Å². The minimum atomic E-state index is -0.631. The van der Waals surface area contributed by atoms with Crippen LogP contribution in [0.4, 0.5) is 0 Å². The minimum absolute atomic E-state index is 0.0261. The first-order valence-corrected chi connectivity index (χ1v) is 11.4. The SMILES string of the molecule is CC(=O)Oc1cccc2c1C(=O)C1=C(CCc3c(Br)c(O)c4c(OC(C)=O)cccc4c3O1)C2=O. The Morgan fingerprint density at radius 2 is 1.60 bits per heavy atom. The van der Waals surface area contributed by atoms with Crippen molar-refractivity contribution in [3.05, 3.63) is 68.9 Å². The van der Waals surface area contributed by atoms with Crippen molar-refractivity contribution < 1.29 is 38.5 Å². The van der Waals surface area contributed by atoms with E-state index in [0.29, 0.717) is 15.4 Å². The third-order valence-electron chi connectivity index (χ3n) is 5.84. The predicted octanol–water partition coefficient (Wildman–Crippen LogP) is 4.82. The van der Waals surface area contributed by atoms with Crippen LogP contribution in [0.1, 0.15) is 46.5 Å². The molecule has 2 aliphatic rings. The van der Waals surface area contributed by atoms with Gasteiger partial charge in [0.1, 0.15) is 23.0 Å². The quantitative estimate of drug-likeness (QED) is 0.366. The summed E-state index contributed by atoms with van der Waals surface area (Å²) in [6.45, 7) is 2.45. The second-order valence-electron chi connectivity index (χ2n) is 8.08. The highest BCUT2D eigenvalue weighted by atomic mass is 79.9. The lowest BCUT2D eigenvalue weighted by Gasteiger charge is -2.22. The van der Waals surface area contributed by atoms with E-state index in [1.165, 1.54) is 32.0 Å². The maximum atomic E-state index is 13.6. The number of fused-ring (bicyclic) bond motifs is 4. The number of phenols is 1. The molecule has 8 nitrogen and oxygen atoms in total. The molecular weight excluding hydrogens is 520 g/mol. The van der Waals surface area contributed by atoms with E-state index in [4.69, 9.17) is 14.2 Å². The number of phenolic OH excluding ortho intramolecular Hbond substituents is 1. The molecule has 9 heteroatoms. The maximum absolute atomic E-state index is 13.6. The van der Waals surface area contributed by atoms with Crippen molar-refractivity contribution >= 4 is 50.2 Å². The molecule has 0 bridgehead atoms. The minimum Gasteiger partial charge on any atom is -0.506 e. The smallest absolute Gasteiger partial charge is 0.308 e. The number of rotatable bonds is 2. The van der Waals surface area contributed by atoms with Crippen LogP contribution < -0.4 is 14.2 Å². The molecule has 0 spiro atoms. The van der Waals surface area contributed by atoms with E-state index in [0.717, 1.165) is 0 Å². The summed E-state index contributed by atoms with van der Waals surface area (Å²) in [4.78, 5) is 50.2. The van der Waals surface area contributed by atoms with Gasteiger partial charge in [0.15, 0.2) is 11.5 Å². The molecule has 3 aromatic carbocycles. The molecule has 3 aromatic rings. The Labute approximate surface area is 207 Å². The highest BCUT2D eigenvalue weighted by molar-refractivity contribution is 9.10. The first-order valence-electron chi connectivity index (χ1n) is 10.6. The largest absolute Gasteiger partial charge is 0.506 e. The summed E-state index contributed by atoms with van der Waals surface area (Å²) < 4.78 is 16.9. The Bertz CT molecular complexity index is 1530. The van der Waals surface area contributed by atoms with Gasteiger partial charge in [0.25, 0.3) is 0 Å². The summed E-state index contributed by atoms with van der Waals surface area (Å²) in [5.41, 5.74) is 0.826. The number of carbonyl (C=O) groups excluding carboxylic acids is 4. The van der Waals surface area contributed by atoms with E-state index in [1.807, 2.05) is 0 Å². The Kier molecular flexibility index (Phi) is 5.44. The van der Waals surface area contributed by atoms with Crippen LogP contribution in [0.5, 0.6) is 23.0 Å². The van der Waals surface area contributed by atoms with Crippen LogP contribution in [-0.2, 0) is 16.0 Å². The summed E-state index contributed by atoms with van der Waals surface area (Å²) in [6, 6.07) is 9.30. The van der Waals surface area contributed by atoms with Crippen LogP contribution in [0.25, 0.3) is 10.8 Å². The van der Waals surface area contributed by atoms with Crippen molar-refractivity contribution in [1.82, 2.24) is 0 Å². The second kappa shape index (κ2) is 8.35. The summed E-state index contributed by atoms with van der Waals surface area (Å²) in [7, 11) is 0.